The van der Waals surface area contributed by atoms with Crippen LogP contribution >= 0.6 is 22.9 Å². The molecule has 1 aromatic rings. The molecule has 1 N–H and O–H groups in total. The van der Waals surface area contributed by atoms with Crippen LogP contribution in [0.5, 0.6) is 5.75 Å². The van der Waals surface area contributed by atoms with Gasteiger partial charge in [-0.3, -0.25) is 4.79 Å². The van der Waals surface area contributed by atoms with Gasteiger partial charge in [0, 0.05) is 11.9 Å². The van der Waals surface area contributed by atoms with Gasteiger partial charge in [-0.05, 0) is 24.8 Å². The van der Waals surface area contributed by atoms with E-state index in [9.17, 15) is 4.79 Å². The Kier molecular flexibility index (Phi) is 4.91. The SMILES string of the molecule is COc1ccsc1C(=O)NCCC(C)Cl. The van der Waals surface area contributed by atoms with Crippen LogP contribution in [0.1, 0.15) is 23.0 Å². The van der Waals surface area contributed by atoms with Gasteiger partial charge in [-0.1, -0.05) is 0 Å². The average Bonchev–Trinajstić information content (AvgIpc) is 2.64. The van der Waals surface area contributed by atoms with Crippen LogP contribution in [-0.2, 0) is 0 Å². The molecule has 1 amide bonds. The van der Waals surface area contributed by atoms with Crippen LogP contribution in [0.4, 0.5) is 0 Å². The van der Waals surface area contributed by atoms with Gasteiger partial charge in [-0.15, -0.1) is 22.9 Å². The first-order valence-corrected chi connectivity index (χ1v) is 6.00. The van der Waals surface area contributed by atoms with Crippen LogP contribution in [0.15, 0.2) is 11.4 Å². The number of rotatable bonds is 5. The van der Waals surface area contributed by atoms with Crippen LogP contribution in [-0.4, -0.2) is 24.9 Å². The lowest BCUT2D eigenvalue weighted by atomic mass is 10.3. The molecule has 0 bridgehead atoms. The van der Waals surface area contributed by atoms with Crippen molar-refractivity contribution < 1.29 is 9.53 Å². The Labute approximate surface area is 98.4 Å². The maximum Gasteiger partial charge on any atom is 0.265 e. The summed E-state index contributed by atoms with van der Waals surface area (Å²) >= 11 is 7.14. The summed E-state index contributed by atoms with van der Waals surface area (Å²) in [5, 5.41) is 4.71. The zero-order chi connectivity index (χ0) is 11.3. The topological polar surface area (TPSA) is 38.3 Å². The second-order valence-electron chi connectivity index (χ2n) is 3.14. The van der Waals surface area contributed by atoms with Crippen molar-refractivity contribution in [3.05, 3.63) is 16.3 Å². The lowest BCUT2D eigenvalue weighted by Crippen LogP contribution is -2.25. The highest BCUT2D eigenvalue weighted by atomic mass is 35.5. The van der Waals surface area contributed by atoms with Gasteiger partial charge in [-0.2, -0.15) is 0 Å². The molecule has 0 aromatic carbocycles. The third kappa shape index (κ3) is 3.72. The smallest absolute Gasteiger partial charge is 0.265 e. The van der Waals surface area contributed by atoms with E-state index in [2.05, 4.69) is 5.32 Å². The third-order valence-corrected chi connectivity index (χ3v) is 3.00. The molecule has 0 radical (unpaired) electrons. The molecular weight excluding hydrogens is 234 g/mol. The largest absolute Gasteiger partial charge is 0.495 e. The maximum atomic E-state index is 11.6. The van der Waals surface area contributed by atoms with Gasteiger partial charge in [-0.25, -0.2) is 0 Å². The molecule has 0 spiro atoms. The van der Waals surface area contributed by atoms with E-state index in [4.69, 9.17) is 16.3 Å². The molecule has 84 valence electrons. The van der Waals surface area contributed by atoms with E-state index in [0.29, 0.717) is 17.2 Å². The highest BCUT2D eigenvalue weighted by molar-refractivity contribution is 7.12. The van der Waals surface area contributed by atoms with E-state index in [0.717, 1.165) is 6.42 Å². The zero-order valence-electron chi connectivity index (χ0n) is 8.75. The Hall–Kier alpha value is -0.740. The fraction of sp³-hybridized carbons (Fsp3) is 0.500. The molecule has 1 heterocycles. The molecule has 1 aromatic heterocycles. The predicted molar refractivity (Wildman–Crippen MR) is 63.1 cm³/mol. The first kappa shape index (κ1) is 12.3. The number of carbonyl (C=O) groups excluding carboxylic acids is 1. The van der Waals surface area contributed by atoms with Gasteiger partial charge >= 0.3 is 0 Å². The van der Waals surface area contributed by atoms with Gasteiger partial charge in [0.1, 0.15) is 10.6 Å². The number of amides is 1. The molecule has 0 saturated heterocycles. The van der Waals surface area contributed by atoms with Crippen molar-refractivity contribution in [1.29, 1.82) is 0 Å². The standard InChI is InChI=1S/C10H14ClNO2S/c1-7(11)3-5-12-10(13)9-8(14-2)4-6-15-9/h4,6-7H,3,5H2,1-2H3,(H,12,13). The number of hydrogen-bond acceptors (Lipinski definition) is 3. The summed E-state index contributed by atoms with van der Waals surface area (Å²) in [6.45, 7) is 2.49. The van der Waals surface area contributed by atoms with Gasteiger partial charge in [0.2, 0.25) is 0 Å². The molecule has 3 nitrogen and oxygen atoms in total. The second-order valence-corrected chi connectivity index (χ2v) is 4.80. The lowest BCUT2D eigenvalue weighted by Gasteiger charge is -2.06. The van der Waals surface area contributed by atoms with E-state index in [-0.39, 0.29) is 11.3 Å². The summed E-state index contributed by atoms with van der Waals surface area (Å²) in [5.41, 5.74) is 0. The van der Waals surface area contributed by atoms with Crippen molar-refractivity contribution >= 4 is 28.8 Å². The Morgan fingerprint density at radius 1 is 1.73 bits per heavy atom. The van der Waals surface area contributed by atoms with Crippen LogP contribution in [0.2, 0.25) is 0 Å². The van der Waals surface area contributed by atoms with Gasteiger partial charge in [0.15, 0.2) is 0 Å². The Morgan fingerprint density at radius 2 is 2.47 bits per heavy atom. The highest BCUT2D eigenvalue weighted by Crippen LogP contribution is 2.23. The molecule has 0 fully saturated rings. The first-order chi connectivity index (χ1) is 7.15. The number of alkyl halides is 1. The van der Waals surface area contributed by atoms with E-state index in [1.807, 2.05) is 12.3 Å². The molecule has 5 heteroatoms. The quantitative estimate of drug-likeness (QED) is 0.812. The second kappa shape index (κ2) is 5.98. The number of nitrogens with one attached hydrogen (secondary N) is 1. The van der Waals surface area contributed by atoms with E-state index < -0.39 is 0 Å². The van der Waals surface area contributed by atoms with Gasteiger partial charge in [0.25, 0.3) is 5.91 Å². The monoisotopic (exact) mass is 247 g/mol. The van der Waals surface area contributed by atoms with E-state index in [1.54, 1.807) is 13.2 Å². The van der Waals surface area contributed by atoms with Crippen molar-refractivity contribution in [2.75, 3.05) is 13.7 Å². The Balaban J connectivity index is 2.47. The molecule has 0 aliphatic heterocycles. The minimum absolute atomic E-state index is 0.0792. The summed E-state index contributed by atoms with van der Waals surface area (Å²) in [7, 11) is 1.56. The molecule has 0 aliphatic carbocycles. The number of hydrogen-bond donors (Lipinski definition) is 1. The van der Waals surface area contributed by atoms with Crippen molar-refractivity contribution in [2.45, 2.75) is 18.7 Å². The minimum atomic E-state index is -0.0980. The summed E-state index contributed by atoms with van der Waals surface area (Å²) in [6.07, 6.45) is 0.765. The van der Waals surface area contributed by atoms with Crippen molar-refractivity contribution in [3.63, 3.8) is 0 Å². The van der Waals surface area contributed by atoms with E-state index >= 15 is 0 Å². The Morgan fingerprint density at radius 3 is 3.07 bits per heavy atom. The molecule has 0 saturated carbocycles. The molecule has 15 heavy (non-hydrogen) atoms. The third-order valence-electron chi connectivity index (χ3n) is 1.88. The number of ether oxygens (including phenoxy) is 1. The Bertz CT molecular complexity index is 325. The van der Waals surface area contributed by atoms with Gasteiger partial charge in [0.05, 0.1) is 7.11 Å². The van der Waals surface area contributed by atoms with E-state index in [1.165, 1.54) is 11.3 Å². The number of carbonyl (C=O) groups is 1. The summed E-state index contributed by atoms with van der Waals surface area (Å²) in [6, 6.07) is 1.78. The normalized spacial score (nSPS) is 12.2. The van der Waals surface area contributed by atoms with Crippen LogP contribution < -0.4 is 10.1 Å². The summed E-state index contributed by atoms with van der Waals surface area (Å²) in [4.78, 5) is 12.3. The van der Waals surface area contributed by atoms with Crippen molar-refractivity contribution in [1.82, 2.24) is 5.32 Å². The van der Waals surface area contributed by atoms with Crippen molar-refractivity contribution in [2.24, 2.45) is 0 Å². The molecule has 0 aliphatic rings. The zero-order valence-corrected chi connectivity index (χ0v) is 10.3. The van der Waals surface area contributed by atoms with Crippen molar-refractivity contribution in [3.8, 4) is 5.75 Å². The lowest BCUT2D eigenvalue weighted by molar-refractivity contribution is 0.0954. The number of halogens is 1. The molecule has 1 unspecified atom stereocenters. The molecule has 1 rings (SSSR count). The minimum Gasteiger partial charge on any atom is -0.495 e. The number of methoxy groups -OCH3 is 1. The average molecular weight is 248 g/mol. The summed E-state index contributed by atoms with van der Waals surface area (Å²) in [5.74, 6) is 0.524. The fourth-order valence-corrected chi connectivity index (χ4v) is 1.97. The van der Waals surface area contributed by atoms with Crippen LogP contribution in [0.25, 0.3) is 0 Å². The number of thiophene rings is 1. The summed E-state index contributed by atoms with van der Waals surface area (Å²) < 4.78 is 5.06. The maximum absolute atomic E-state index is 11.6. The molecule has 1 atom stereocenters. The van der Waals surface area contributed by atoms with Crippen LogP contribution in [0, 0.1) is 0 Å². The first-order valence-electron chi connectivity index (χ1n) is 4.69. The predicted octanol–water partition coefficient (Wildman–Crippen LogP) is 2.50. The van der Waals surface area contributed by atoms with Gasteiger partial charge < -0.3 is 10.1 Å². The highest BCUT2D eigenvalue weighted by Gasteiger charge is 2.13. The fourth-order valence-electron chi connectivity index (χ4n) is 1.09. The van der Waals surface area contributed by atoms with Crippen LogP contribution in [0.3, 0.4) is 0 Å². The molecular formula is C10H14ClNO2S.